The van der Waals surface area contributed by atoms with Crippen LogP contribution in [-0.2, 0) is 4.79 Å². The van der Waals surface area contributed by atoms with E-state index in [4.69, 9.17) is 9.47 Å². The Kier molecular flexibility index (Phi) is 3.99. The molecule has 1 aliphatic heterocycles. The van der Waals surface area contributed by atoms with Gasteiger partial charge in [0.05, 0.1) is 4.88 Å². The summed E-state index contributed by atoms with van der Waals surface area (Å²) in [7, 11) is 0. The van der Waals surface area contributed by atoms with Crippen LogP contribution < -0.4 is 20.3 Å². The molecule has 2 N–H and O–H groups in total. The number of rotatable bonds is 2. The number of para-hydroxylation sites is 2. The van der Waals surface area contributed by atoms with Crippen molar-refractivity contribution in [1.82, 2.24) is 10.9 Å². The van der Waals surface area contributed by atoms with Crippen LogP contribution in [0.4, 0.5) is 0 Å². The predicted molar refractivity (Wildman–Crippen MR) is 93.8 cm³/mol. The molecule has 3 aromatic rings. The molecule has 0 aliphatic carbocycles. The molecule has 0 fully saturated rings. The van der Waals surface area contributed by atoms with Gasteiger partial charge < -0.3 is 9.47 Å². The van der Waals surface area contributed by atoms with E-state index in [2.05, 4.69) is 10.9 Å². The van der Waals surface area contributed by atoms with E-state index in [-0.39, 0.29) is 12.5 Å². The number of amides is 2. The number of hydrazine groups is 1. The minimum Gasteiger partial charge on any atom is -0.485 e. The Morgan fingerprint density at radius 1 is 1.00 bits per heavy atom. The lowest BCUT2D eigenvalue weighted by atomic mass is 10.2. The number of benzene rings is 2. The second-order valence-corrected chi connectivity index (χ2v) is 6.54. The average Bonchev–Trinajstić information content (AvgIpc) is 3.09. The fourth-order valence-corrected chi connectivity index (χ4v) is 3.46. The molecule has 2 amide bonds. The molecule has 2 heterocycles. The molecule has 1 atom stereocenters. The molecular weight excluding hydrogens is 340 g/mol. The number of ether oxygens (including phenoxy) is 2. The Hall–Kier alpha value is -3.06. The molecule has 2 aromatic carbocycles. The van der Waals surface area contributed by atoms with E-state index >= 15 is 0 Å². The van der Waals surface area contributed by atoms with Gasteiger partial charge in [-0.2, -0.15) is 0 Å². The van der Waals surface area contributed by atoms with Crippen LogP contribution in [0.15, 0.2) is 54.6 Å². The van der Waals surface area contributed by atoms with Crippen molar-refractivity contribution in [2.45, 2.75) is 6.10 Å². The van der Waals surface area contributed by atoms with E-state index in [0.717, 1.165) is 10.1 Å². The molecule has 0 saturated heterocycles. The standard InChI is InChI=1S/C18H14N2O4S/c21-17(14-10-23-12-6-2-3-7-13(12)24-14)19-20-18(22)16-9-11-5-1-4-8-15(11)25-16/h1-9,14H,10H2,(H,19,21)(H,20,22). The van der Waals surface area contributed by atoms with E-state index in [1.165, 1.54) is 11.3 Å². The van der Waals surface area contributed by atoms with Gasteiger partial charge in [0, 0.05) is 4.70 Å². The Balaban J connectivity index is 1.38. The van der Waals surface area contributed by atoms with Crippen LogP contribution in [0, 0.1) is 0 Å². The molecule has 4 rings (SSSR count). The molecule has 0 radical (unpaired) electrons. The largest absolute Gasteiger partial charge is 0.485 e. The van der Waals surface area contributed by atoms with Crippen molar-refractivity contribution in [3.05, 3.63) is 59.5 Å². The number of thiophene rings is 1. The summed E-state index contributed by atoms with van der Waals surface area (Å²) in [6, 6.07) is 16.6. The number of carbonyl (C=O) groups is 2. The highest BCUT2D eigenvalue weighted by molar-refractivity contribution is 7.20. The molecular formula is C18H14N2O4S. The third-order valence-corrected chi connectivity index (χ3v) is 4.86. The van der Waals surface area contributed by atoms with Gasteiger partial charge >= 0.3 is 0 Å². The van der Waals surface area contributed by atoms with Crippen molar-refractivity contribution in [1.29, 1.82) is 0 Å². The molecule has 25 heavy (non-hydrogen) atoms. The van der Waals surface area contributed by atoms with Crippen LogP contribution in [0.25, 0.3) is 10.1 Å². The van der Waals surface area contributed by atoms with Gasteiger partial charge in [-0.1, -0.05) is 30.3 Å². The quantitative estimate of drug-likeness (QED) is 0.693. The first-order chi connectivity index (χ1) is 12.2. The molecule has 126 valence electrons. The van der Waals surface area contributed by atoms with Gasteiger partial charge in [0.1, 0.15) is 6.61 Å². The minimum absolute atomic E-state index is 0.0849. The zero-order valence-electron chi connectivity index (χ0n) is 13.0. The van der Waals surface area contributed by atoms with Crippen molar-refractivity contribution in [2.75, 3.05) is 6.61 Å². The van der Waals surface area contributed by atoms with Crippen LogP contribution in [-0.4, -0.2) is 24.5 Å². The molecule has 1 unspecified atom stereocenters. The number of carbonyl (C=O) groups excluding carboxylic acids is 2. The fourth-order valence-electron chi connectivity index (χ4n) is 2.50. The first-order valence-electron chi connectivity index (χ1n) is 7.68. The summed E-state index contributed by atoms with van der Waals surface area (Å²) in [6.07, 6.45) is -0.822. The van der Waals surface area contributed by atoms with E-state index in [9.17, 15) is 9.59 Å². The molecule has 0 bridgehead atoms. The van der Waals surface area contributed by atoms with Crippen molar-refractivity contribution in [3.8, 4) is 11.5 Å². The summed E-state index contributed by atoms with van der Waals surface area (Å²) in [5.74, 6) is 0.265. The Labute approximate surface area is 147 Å². The molecule has 7 heteroatoms. The maximum absolute atomic E-state index is 12.2. The van der Waals surface area contributed by atoms with Gasteiger partial charge in [0.2, 0.25) is 6.10 Å². The highest BCUT2D eigenvalue weighted by Gasteiger charge is 2.27. The van der Waals surface area contributed by atoms with E-state index in [1.807, 2.05) is 30.3 Å². The summed E-state index contributed by atoms with van der Waals surface area (Å²) in [4.78, 5) is 24.9. The smallest absolute Gasteiger partial charge is 0.283 e. The van der Waals surface area contributed by atoms with Crippen LogP contribution in [0.2, 0.25) is 0 Å². The van der Waals surface area contributed by atoms with Crippen LogP contribution in [0.3, 0.4) is 0 Å². The van der Waals surface area contributed by atoms with Crippen molar-refractivity contribution in [3.63, 3.8) is 0 Å². The normalized spacial score (nSPS) is 15.6. The van der Waals surface area contributed by atoms with E-state index in [0.29, 0.717) is 16.4 Å². The number of fused-ring (bicyclic) bond motifs is 2. The third kappa shape index (κ3) is 3.14. The fraction of sp³-hybridized carbons (Fsp3) is 0.111. The zero-order chi connectivity index (χ0) is 17.2. The van der Waals surface area contributed by atoms with E-state index in [1.54, 1.807) is 24.3 Å². The van der Waals surface area contributed by atoms with Gasteiger partial charge in [-0.05, 0) is 29.7 Å². The summed E-state index contributed by atoms with van der Waals surface area (Å²) in [6.45, 7) is 0.0849. The second kappa shape index (κ2) is 6.45. The highest BCUT2D eigenvalue weighted by Crippen LogP contribution is 2.30. The monoisotopic (exact) mass is 354 g/mol. The maximum Gasteiger partial charge on any atom is 0.283 e. The zero-order valence-corrected chi connectivity index (χ0v) is 13.8. The van der Waals surface area contributed by atoms with E-state index < -0.39 is 12.0 Å². The number of hydrogen-bond donors (Lipinski definition) is 2. The third-order valence-electron chi connectivity index (χ3n) is 3.75. The van der Waals surface area contributed by atoms with Crippen LogP contribution in [0.5, 0.6) is 11.5 Å². The molecule has 1 aromatic heterocycles. The Bertz CT molecular complexity index is 920. The molecule has 0 spiro atoms. The lowest BCUT2D eigenvalue weighted by Crippen LogP contribution is -2.50. The molecule has 0 saturated carbocycles. The lowest BCUT2D eigenvalue weighted by Gasteiger charge is -2.25. The van der Waals surface area contributed by atoms with Gasteiger partial charge in [-0.3, -0.25) is 20.4 Å². The van der Waals surface area contributed by atoms with Crippen molar-refractivity contribution < 1.29 is 19.1 Å². The van der Waals surface area contributed by atoms with Gasteiger partial charge in [0.25, 0.3) is 11.8 Å². The predicted octanol–water partition coefficient (Wildman–Crippen LogP) is 2.50. The lowest BCUT2D eigenvalue weighted by molar-refractivity contribution is -0.131. The van der Waals surface area contributed by atoms with Gasteiger partial charge in [0.15, 0.2) is 11.5 Å². The van der Waals surface area contributed by atoms with Gasteiger partial charge in [-0.15, -0.1) is 11.3 Å². The summed E-state index contributed by atoms with van der Waals surface area (Å²) >= 11 is 1.36. The number of nitrogens with one attached hydrogen (secondary N) is 2. The molecule has 6 nitrogen and oxygen atoms in total. The van der Waals surface area contributed by atoms with Gasteiger partial charge in [-0.25, -0.2) is 0 Å². The highest BCUT2D eigenvalue weighted by atomic mass is 32.1. The minimum atomic E-state index is -0.822. The summed E-state index contributed by atoms with van der Waals surface area (Å²) in [5.41, 5.74) is 4.81. The Morgan fingerprint density at radius 2 is 1.76 bits per heavy atom. The average molecular weight is 354 g/mol. The first-order valence-corrected chi connectivity index (χ1v) is 8.49. The summed E-state index contributed by atoms with van der Waals surface area (Å²) < 4.78 is 12.1. The van der Waals surface area contributed by atoms with Crippen molar-refractivity contribution >= 4 is 33.2 Å². The second-order valence-electron chi connectivity index (χ2n) is 5.46. The summed E-state index contributed by atoms with van der Waals surface area (Å²) in [5, 5.41) is 0.990. The first kappa shape index (κ1) is 15.5. The van der Waals surface area contributed by atoms with Crippen molar-refractivity contribution in [2.24, 2.45) is 0 Å². The Morgan fingerprint density at radius 3 is 2.60 bits per heavy atom. The molecule has 1 aliphatic rings. The number of hydrogen-bond acceptors (Lipinski definition) is 5. The van der Waals surface area contributed by atoms with Crippen LogP contribution >= 0.6 is 11.3 Å². The topological polar surface area (TPSA) is 76.7 Å². The SMILES string of the molecule is O=C(NNC(=O)C1COc2ccccc2O1)c1cc2ccccc2s1. The maximum atomic E-state index is 12.2. The van der Waals surface area contributed by atoms with Crippen LogP contribution in [0.1, 0.15) is 9.67 Å².